The third-order valence-corrected chi connectivity index (χ3v) is 5.60. The molecule has 0 aliphatic carbocycles. The van der Waals surface area contributed by atoms with Crippen molar-refractivity contribution in [2.24, 2.45) is 5.73 Å². The van der Waals surface area contributed by atoms with Crippen molar-refractivity contribution in [1.29, 1.82) is 5.26 Å². The van der Waals surface area contributed by atoms with Crippen LogP contribution in [0.1, 0.15) is 28.5 Å². The van der Waals surface area contributed by atoms with E-state index in [-0.39, 0.29) is 34.9 Å². The molecule has 10 heteroatoms. The highest BCUT2D eigenvalue weighted by molar-refractivity contribution is 6.31. The van der Waals surface area contributed by atoms with E-state index in [2.05, 4.69) is 10.4 Å². The third kappa shape index (κ3) is 3.88. The minimum absolute atomic E-state index is 0.0966. The van der Waals surface area contributed by atoms with Crippen molar-refractivity contribution < 1.29 is 14.0 Å². The van der Waals surface area contributed by atoms with Crippen LogP contribution in [0.4, 0.5) is 14.9 Å². The lowest BCUT2D eigenvalue weighted by Gasteiger charge is -2.34. The Balaban J connectivity index is 1.66. The molecule has 2 heterocycles. The average molecular weight is 453 g/mol. The number of carbonyl (C=O) groups excluding carboxylic acids is 2. The molecule has 8 nitrogen and oxygen atoms in total. The number of hydrogen-bond donors (Lipinski definition) is 2. The number of halogens is 2. The van der Waals surface area contributed by atoms with E-state index in [1.807, 2.05) is 13.0 Å². The van der Waals surface area contributed by atoms with Gasteiger partial charge in [-0.15, -0.1) is 0 Å². The Kier molecular flexibility index (Phi) is 5.55. The maximum absolute atomic E-state index is 13.6. The molecule has 3 N–H and O–H groups in total. The summed E-state index contributed by atoms with van der Waals surface area (Å²) in [6.45, 7) is 2.30. The summed E-state index contributed by atoms with van der Waals surface area (Å²) in [6.07, 6.45) is 0. The molecule has 3 aromatic rings. The molecule has 2 aromatic carbocycles. The van der Waals surface area contributed by atoms with Gasteiger partial charge in [0.25, 0.3) is 5.91 Å². The highest BCUT2D eigenvalue weighted by Gasteiger charge is 2.33. The summed E-state index contributed by atoms with van der Waals surface area (Å²) in [5.74, 6) is -1.29. The number of amides is 3. The number of hydrogen-bond acceptors (Lipinski definition) is 4. The van der Waals surface area contributed by atoms with Crippen LogP contribution >= 0.6 is 11.6 Å². The molecule has 1 aliphatic rings. The van der Waals surface area contributed by atoms with Gasteiger partial charge in [0.15, 0.2) is 0 Å². The molecular weight excluding hydrogens is 435 g/mol. The van der Waals surface area contributed by atoms with Crippen molar-refractivity contribution in [2.75, 3.05) is 5.32 Å². The summed E-state index contributed by atoms with van der Waals surface area (Å²) < 4.78 is 15.2. The molecule has 0 unspecified atom stereocenters. The smallest absolute Gasteiger partial charge is 0.322 e. The fourth-order valence-corrected chi connectivity index (χ4v) is 3.85. The van der Waals surface area contributed by atoms with Crippen molar-refractivity contribution in [3.63, 3.8) is 0 Å². The average Bonchev–Trinajstić information content (AvgIpc) is 3.14. The minimum atomic E-state index is -0.705. The normalized spacial score (nSPS) is 15.1. The highest BCUT2D eigenvalue weighted by atomic mass is 35.5. The van der Waals surface area contributed by atoms with Crippen LogP contribution in [-0.2, 0) is 13.1 Å². The topological polar surface area (TPSA) is 117 Å². The molecule has 3 amide bonds. The van der Waals surface area contributed by atoms with Crippen LogP contribution in [-0.4, -0.2) is 32.7 Å². The van der Waals surface area contributed by atoms with Crippen molar-refractivity contribution >= 4 is 29.2 Å². The van der Waals surface area contributed by atoms with Gasteiger partial charge in [-0.2, -0.15) is 10.4 Å². The number of fused-ring (bicyclic) bond motifs is 1. The molecule has 4 rings (SSSR count). The van der Waals surface area contributed by atoms with Crippen molar-refractivity contribution in [3.05, 3.63) is 70.1 Å². The Hall–Kier alpha value is -3.90. The van der Waals surface area contributed by atoms with Gasteiger partial charge in [0.1, 0.15) is 11.5 Å². The highest BCUT2D eigenvalue weighted by Crippen LogP contribution is 2.32. The summed E-state index contributed by atoms with van der Waals surface area (Å²) in [4.78, 5) is 26.8. The summed E-state index contributed by atoms with van der Waals surface area (Å²) in [5, 5.41) is 16.1. The van der Waals surface area contributed by atoms with E-state index >= 15 is 0 Å². The molecule has 0 spiro atoms. The monoisotopic (exact) mass is 452 g/mol. The van der Waals surface area contributed by atoms with E-state index in [1.54, 1.807) is 33.8 Å². The Bertz CT molecular complexity index is 1260. The molecule has 162 valence electrons. The van der Waals surface area contributed by atoms with E-state index in [0.717, 1.165) is 0 Å². The summed E-state index contributed by atoms with van der Waals surface area (Å²) in [5.41, 5.74) is 8.06. The number of carbonyl (C=O) groups is 2. The van der Waals surface area contributed by atoms with Gasteiger partial charge in [-0.05, 0) is 49.4 Å². The van der Waals surface area contributed by atoms with Gasteiger partial charge in [0.2, 0.25) is 0 Å². The van der Waals surface area contributed by atoms with Crippen LogP contribution in [0.5, 0.6) is 0 Å². The lowest BCUT2D eigenvalue weighted by molar-refractivity contribution is 0.0995. The Labute approximate surface area is 188 Å². The van der Waals surface area contributed by atoms with Gasteiger partial charge in [0.05, 0.1) is 47.0 Å². The number of nitrogens with zero attached hydrogens (tertiary/aromatic N) is 4. The first-order chi connectivity index (χ1) is 15.3. The first kappa shape index (κ1) is 21.3. The number of anilines is 1. The zero-order valence-corrected chi connectivity index (χ0v) is 17.7. The zero-order chi connectivity index (χ0) is 23.0. The summed E-state index contributed by atoms with van der Waals surface area (Å²) in [7, 11) is 0. The number of nitriles is 1. The van der Waals surface area contributed by atoms with Crippen LogP contribution in [0.3, 0.4) is 0 Å². The molecule has 32 heavy (non-hydrogen) atoms. The zero-order valence-electron chi connectivity index (χ0n) is 17.0. The maximum Gasteiger partial charge on any atom is 0.322 e. The molecule has 0 saturated carbocycles. The fraction of sp³-hybridized carbons (Fsp3) is 0.182. The fourth-order valence-electron chi connectivity index (χ4n) is 3.67. The van der Waals surface area contributed by atoms with E-state index < -0.39 is 11.7 Å². The largest absolute Gasteiger partial charge is 0.365 e. The van der Waals surface area contributed by atoms with E-state index in [9.17, 15) is 14.0 Å². The molecule has 0 fully saturated rings. The molecule has 1 aromatic heterocycles. The molecule has 0 radical (unpaired) electrons. The second kappa shape index (κ2) is 8.32. The van der Waals surface area contributed by atoms with Crippen LogP contribution in [0, 0.1) is 17.1 Å². The number of primary amides is 1. The number of rotatable bonds is 3. The molecular formula is C22H18ClFN6O2. The Morgan fingerprint density at radius 2 is 2.00 bits per heavy atom. The lowest BCUT2D eigenvalue weighted by atomic mass is 10.0. The SMILES string of the molecule is C[C@H]1Cn2nc(-c3ccc(F)c(Cl)c3)c(C(N)=O)c2CN1C(=O)Nc1ccc(C#N)cc1. The van der Waals surface area contributed by atoms with Crippen molar-refractivity contribution in [3.8, 4) is 17.3 Å². The molecule has 1 aliphatic heterocycles. The van der Waals surface area contributed by atoms with Crippen LogP contribution < -0.4 is 11.1 Å². The molecule has 0 bridgehead atoms. The van der Waals surface area contributed by atoms with Crippen molar-refractivity contribution in [1.82, 2.24) is 14.7 Å². The quantitative estimate of drug-likeness (QED) is 0.629. The first-order valence-corrected chi connectivity index (χ1v) is 10.1. The predicted molar refractivity (Wildman–Crippen MR) is 116 cm³/mol. The van der Waals surface area contributed by atoms with Crippen LogP contribution in [0.25, 0.3) is 11.3 Å². The van der Waals surface area contributed by atoms with Crippen molar-refractivity contribution in [2.45, 2.75) is 26.1 Å². The minimum Gasteiger partial charge on any atom is -0.365 e. The van der Waals surface area contributed by atoms with E-state index in [1.165, 1.54) is 18.2 Å². The summed E-state index contributed by atoms with van der Waals surface area (Å²) in [6, 6.07) is 12.0. The van der Waals surface area contributed by atoms with Gasteiger partial charge in [0, 0.05) is 11.3 Å². The second-order valence-corrected chi connectivity index (χ2v) is 7.85. The first-order valence-electron chi connectivity index (χ1n) is 9.71. The predicted octanol–water partition coefficient (Wildman–Crippen LogP) is 3.75. The molecule has 0 saturated heterocycles. The number of aromatic nitrogens is 2. The van der Waals surface area contributed by atoms with Gasteiger partial charge in [-0.1, -0.05) is 11.6 Å². The number of nitrogens with two attached hydrogens (primary N) is 1. The van der Waals surface area contributed by atoms with Gasteiger partial charge < -0.3 is 16.0 Å². The van der Waals surface area contributed by atoms with Crippen LogP contribution in [0.2, 0.25) is 5.02 Å². The Morgan fingerprint density at radius 3 is 2.62 bits per heavy atom. The van der Waals surface area contributed by atoms with Crippen LogP contribution in [0.15, 0.2) is 42.5 Å². The standard InChI is InChI=1S/C22H18ClFN6O2/c1-12-10-30-18(11-29(12)22(32)27-15-5-2-13(9-25)3-6-15)19(21(26)31)20(28-30)14-4-7-17(24)16(23)8-14/h2-8,12H,10-11H2,1H3,(H2,26,31)(H,27,32)/t12-/m0/s1. The lowest BCUT2D eigenvalue weighted by Crippen LogP contribution is -2.47. The maximum atomic E-state index is 13.6. The number of urea groups is 1. The number of nitrogens with one attached hydrogen (secondary N) is 1. The van der Waals surface area contributed by atoms with E-state index in [4.69, 9.17) is 22.6 Å². The van der Waals surface area contributed by atoms with Gasteiger partial charge in [-0.3, -0.25) is 9.48 Å². The third-order valence-electron chi connectivity index (χ3n) is 5.31. The van der Waals surface area contributed by atoms with Gasteiger partial charge in [-0.25, -0.2) is 9.18 Å². The van der Waals surface area contributed by atoms with Gasteiger partial charge >= 0.3 is 6.03 Å². The van der Waals surface area contributed by atoms with E-state index in [0.29, 0.717) is 29.1 Å². The summed E-state index contributed by atoms with van der Waals surface area (Å²) >= 11 is 5.90. The molecule has 1 atom stereocenters. The number of benzene rings is 2. The second-order valence-electron chi connectivity index (χ2n) is 7.44. The Morgan fingerprint density at radius 1 is 1.28 bits per heavy atom.